The third kappa shape index (κ3) is 3.98. The first-order valence-corrected chi connectivity index (χ1v) is 7.71. The van der Waals surface area contributed by atoms with E-state index in [2.05, 4.69) is 37.1 Å². The van der Waals surface area contributed by atoms with E-state index >= 15 is 0 Å². The summed E-state index contributed by atoms with van der Waals surface area (Å²) < 4.78 is 0. The lowest BCUT2D eigenvalue weighted by Gasteiger charge is -2.33. The minimum Gasteiger partial charge on any atom is -0.329 e. The summed E-state index contributed by atoms with van der Waals surface area (Å²) in [5, 5.41) is 1.48. The van der Waals surface area contributed by atoms with Crippen molar-refractivity contribution in [1.29, 1.82) is 0 Å². The number of likely N-dealkylation sites (N-methyl/N-ethyl adjacent to an activating group) is 1. The van der Waals surface area contributed by atoms with E-state index in [1.54, 1.807) is 0 Å². The Balaban J connectivity index is 2.23. The molecule has 21 heavy (non-hydrogen) atoms. The molecule has 0 saturated carbocycles. The molecule has 4 heteroatoms. The molecule has 0 amide bonds. The highest BCUT2D eigenvalue weighted by Gasteiger charge is 2.21. The summed E-state index contributed by atoms with van der Waals surface area (Å²) in [4.78, 5) is 2.26. The fraction of sp³-hybridized carbons (Fsp3) is 0.294. The Morgan fingerprint density at radius 1 is 1.00 bits per heavy atom. The predicted octanol–water partition coefficient (Wildman–Crippen LogP) is 4.69. The van der Waals surface area contributed by atoms with Crippen molar-refractivity contribution < 1.29 is 0 Å². The quantitative estimate of drug-likeness (QED) is 0.865. The van der Waals surface area contributed by atoms with Crippen LogP contribution in [0.2, 0.25) is 10.0 Å². The van der Waals surface area contributed by atoms with E-state index in [9.17, 15) is 0 Å². The van der Waals surface area contributed by atoms with E-state index in [-0.39, 0.29) is 12.1 Å². The molecule has 0 heterocycles. The molecule has 2 nitrogen and oxygen atoms in total. The molecule has 2 aromatic rings. The summed E-state index contributed by atoms with van der Waals surface area (Å²) in [5.41, 5.74) is 8.33. The Kier molecular flexibility index (Phi) is 5.65. The second kappa shape index (κ2) is 7.28. The highest BCUT2D eigenvalue weighted by atomic mass is 35.5. The zero-order valence-corrected chi connectivity index (χ0v) is 13.8. The lowest BCUT2D eigenvalue weighted by molar-refractivity contribution is 0.190. The summed E-state index contributed by atoms with van der Waals surface area (Å²) in [5.74, 6) is 0. The van der Waals surface area contributed by atoms with Crippen LogP contribution < -0.4 is 5.73 Å². The third-order valence-electron chi connectivity index (χ3n) is 3.91. The molecule has 2 N–H and O–H groups in total. The van der Waals surface area contributed by atoms with E-state index in [1.165, 1.54) is 5.56 Å². The number of hydrogen-bond donors (Lipinski definition) is 1. The van der Waals surface area contributed by atoms with Crippen molar-refractivity contribution in [3.05, 3.63) is 69.7 Å². The van der Waals surface area contributed by atoms with Crippen molar-refractivity contribution in [3.8, 4) is 0 Å². The van der Waals surface area contributed by atoms with E-state index in [0.29, 0.717) is 6.54 Å². The maximum atomic E-state index is 6.09. The van der Waals surface area contributed by atoms with Gasteiger partial charge < -0.3 is 5.73 Å². The summed E-state index contributed by atoms with van der Waals surface area (Å²) in [6.45, 7) is 2.70. The van der Waals surface area contributed by atoms with Crippen LogP contribution in [0.4, 0.5) is 0 Å². The second-order valence-corrected chi connectivity index (χ2v) is 6.07. The second-order valence-electron chi connectivity index (χ2n) is 5.20. The molecule has 112 valence electrons. The largest absolute Gasteiger partial charge is 0.329 e. The molecule has 2 rings (SSSR count). The van der Waals surface area contributed by atoms with Gasteiger partial charge >= 0.3 is 0 Å². The van der Waals surface area contributed by atoms with Crippen LogP contribution in [0.5, 0.6) is 0 Å². The van der Waals surface area contributed by atoms with Crippen molar-refractivity contribution >= 4 is 23.2 Å². The average Bonchev–Trinajstić information content (AvgIpc) is 2.48. The molecule has 0 saturated heterocycles. The van der Waals surface area contributed by atoms with Crippen molar-refractivity contribution in [2.24, 2.45) is 5.73 Å². The third-order valence-corrected chi connectivity index (χ3v) is 4.40. The topological polar surface area (TPSA) is 29.3 Å². The van der Waals surface area contributed by atoms with E-state index in [4.69, 9.17) is 28.9 Å². The Hall–Kier alpha value is -1.06. The molecule has 0 spiro atoms. The number of benzene rings is 2. The van der Waals surface area contributed by atoms with Gasteiger partial charge in [-0.05, 0) is 49.4 Å². The summed E-state index contributed by atoms with van der Waals surface area (Å²) >= 11 is 12.0. The van der Waals surface area contributed by atoms with Gasteiger partial charge in [0.05, 0.1) is 0 Å². The van der Waals surface area contributed by atoms with E-state index < -0.39 is 0 Å². The SMILES string of the molecule is CC(c1ccc(Cl)cc1)N(C)C(CN)c1cccc(Cl)c1. The molecular formula is C17H20Cl2N2. The molecule has 0 aliphatic carbocycles. The van der Waals surface area contributed by atoms with Crippen LogP contribution >= 0.6 is 23.2 Å². The van der Waals surface area contributed by atoms with Crippen molar-refractivity contribution in [3.63, 3.8) is 0 Å². The summed E-state index contributed by atoms with van der Waals surface area (Å²) in [7, 11) is 2.08. The molecule has 2 unspecified atom stereocenters. The number of nitrogens with zero attached hydrogens (tertiary/aromatic N) is 1. The minimum atomic E-state index is 0.120. The lowest BCUT2D eigenvalue weighted by Crippen LogP contribution is -2.32. The minimum absolute atomic E-state index is 0.120. The van der Waals surface area contributed by atoms with Gasteiger partial charge in [-0.1, -0.05) is 47.5 Å². The number of rotatable bonds is 5. The van der Waals surface area contributed by atoms with E-state index in [1.807, 2.05) is 30.3 Å². The van der Waals surface area contributed by atoms with Gasteiger partial charge in [0, 0.05) is 28.7 Å². The molecule has 2 atom stereocenters. The fourth-order valence-corrected chi connectivity index (χ4v) is 2.82. The predicted molar refractivity (Wildman–Crippen MR) is 90.9 cm³/mol. The molecule has 2 aromatic carbocycles. The molecule has 0 radical (unpaired) electrons. The van der Waals surface area contributed by atoms with Crippen molar-refractivity contribution in [2.75, 3.05) is 13.6 Å². The van der Waals surface area contributed by atoms with Gasteiger partial charge in [-0.2, -0.15) is 0 Å². The maximum Gasteiger partial charge on any atom is 0.0473 e. The summed E-state index contributed by atoms with van der Waals surface area (Å²) in [6.07, 6.45) is 0. The van der Waals surface area contributed by atoms with E-state index in [0.717, 1.165) is 15.6 Å². The van der Waals surface area contributed by atoms with Crippen LogP contribution in [-0.2, 0) is 0 Å². The normalized spacial score (nSPS) is 14.2. The first-order chi connectivity index (χ1) is 10.0. The van der Waals surface area contributed by atoms with Gasteiger partial charge in [0.1, 0.15) is 0 Å². The number of nitrogens with two attached hydrogens (primary N) is 1. The Morgan fingerprint density at radius 3 is 2.24 bits per heavy atom. The van der Waals surface area contributed by atoms with Gasteiger partial charge in [-0.15, -0.1) is 0 Å². The molecule has 0 aromatic heterocycles. The van der Waals surface area contributed by atoms with Crippen LogP contribution in [0.25, 0.3) is 0 Å². The van der Waals surface area contributed by atoms with Gasteiger partial charge in [0.25, 0.3) is 0 Å². The van der Waals surface area contributed by atoms with Gasteiger partial charge in [0.2, 0.25) is 0 Å². The van der Waals surface area contributed by atoms with Crippen LogP contribution in [0.15, 0.2) is 48.5 Å². The zero-order chi connectivity index (χ0) is 15.4. The molecule has 0 aliphatic rings. The molecule has 0 fully saturated rings. The van der Waals surface area contributed by atoms with Crippen LogP contribution in [-0.4, -0.2) is 18.5 Å². The molecule has 0 bridgehead atoms. The number of halogens is 2. The van der Waals surface area contributed by atoms with Crippen LogP contribution in [0.3, 0.4) is 0 Å². The number of hydrogen-bond acceptors (Lipinski definition) is 2. The zero-order valence-electron chi connectivity index (χ0n) is 12.3. The van der Waals surface area contributed by atoms with Gasteiger partial charge in [-0.3, -0.25) is 4.90 Å². The monoisotopic (exact) mass is 322 g/mol. The first-order valence-electron chi connectivity index (χ1n) is 6.96. The van der Waals surface area contributed by atoms with Gasteiger partial charge in [-0.25, -0.2) is 0 Å². The molecular weight excluding hydrogens is 303 g/mol. The van der Waals surface area contributed by atoms with Gasteiger partial charge in [0.15, 0.2) is 0 Å². The average molecular weight is 323 g/mol. The lowest BCUT2D eigenvalue weighted by atomic mass is 10.0. The first kappa shape index (κ1) is 16.3. The van der Waals surface area contributed by atoms with Crippen molar-refractivity contribution in [1.82, 2.24) is 4.90 Å². The highest BCUT2D eigenvalue weighted by molar-refractivity contribution is 6.30. The maximum absolute atomic E-state index is 6.09. The van der Waals surface area contributed by atoms with Crippen LogP contribution in [0, 0.1) is 0 Å². The Morgan fingerprint density at radius 2 is 1.67 bits per heavy atom. The Labute approximate surface area is 136 Å². The summed E-state index contributed by atoms with van der Waals surface area (Å²) in [6, 6.07) is 16.2. The highest BCUT2D eigenvalue weighted by Crippen LogP contribution is 2.29. The smallest absolute Gasteiger partial charge is 0.0473 e. The fourth-order valence-electron chi connectivity index (χ4n) is 2.50. The standard InChI is InChI=1S/C17H20Cl2N2/c1-12(13-6-8-15(18)9-7-13)21(2)17(11-20)14-4-3-5-16(19)10-14/h3-10,12,17H,11,20H2,1-2H3. The Bertz CT molecular complexity index is 584. The van der Waals surface area contributed by atoms with Crippen LogP contribution in [0.1, 0.15) is 30.1 Å². The molecule has 0 aliphatic heterocycles. The van der Waals surface area contributed by atoms with Crippen molar-refractivity contribution in [2.45, 2.75) is 19.0 Å².